The van der Waals surface area contributed by atoms with Crippen LogP contribution in [0.25, 0.3) is 0 Å². The number of hydrogen-bond acceptors (Lipinski definition) is 3. The number of nitrogens with zero attached hydrogens (tertiary/aromatic N) is 2. The van der Waals surface area contributed by atoms with Gasteiger partial charge in [0.15, 0.2) is 11.6 Å². The molecular weight excluding hydrogens is 503 g/mol. The minimum Gasteiger partial charge on any atom is -0.338 e. The number of nitrogens with one attached hydrogen (secondary N) is 1. The lowest BCUT2D eigenvalue weighted by Gasteiger charge is -2.42. The minimum absolute atomic E-state index is 0. The summed E-state index contributed by atoms with van der Waals surface area (Å²) in [5.41, 5.74) is 1.23. The Morgan fingerprint density at radius 2 is 1.65 bits per heavy atom. The fourth-order valence-corrected chi connectivity index (χ4v) is 5.40. The summed E-state index contributed by atoms with van der Waals surface area (Å²) in [6.07, 6.45) is 3.43. The first-order chi connectivity index (χ1) is 17.1. The van der Waals surface area contributed by atoms with Gasteiger partial charge in [0.05, 0.1) is 6.04 Å². The van der Waals surface area contributed by atoms with Crippen molar-refractivity contribution in [2.24, 2.45) is 5.41 Å². The highest BCUT2D eigenvalue weighted by molar-refractivity contribution is 5.96. The van der Waals surface area contributed by atoms with Gasteiger partial charge < -0.3 is 10.2 Å². The largest absolute Gasteiger partial charge is 0.338 e. The number of piperidine rings is 2. The van der Waals surface area contributed by atoms with Crippen molar-refractivity contribution in [2.75, 3.05) is 26.2 Å². The van der Waals surface area contributed by atoms with Crippen molar-refractivity contribution in [1.29, 1.82) is 0 Å². The van der Waals surface area contributed by atoms with Crippen LogP contribution in [0.15, 0.2) is 42.5 Å². The van der Waals surface area contributed by atoms with Gasteiger partial charge in [-0.05, 0) is 92.0 Å². The highest BCUT2D eigenvalue weighted by Gasteiger charge is 2.42. The number of rotatable bonds is 6. The molecule has 5 nitrogen and oxygen atoms in total. The zero-order chi connectivity index (χ0) is 25.9. The third-order valence-electron chi connectivity index (χ3n) is 7.36. The molecule has 0 radical (unpaired) electrons. The maximum atomic E-state index is 13.9. The van der Waals surface area contributed by atoms with E-state index < -0.39 is 23.7 Å². The van der Waals surface area contributed by atoms with E-state index in [1.54, 1.807) is 0 Å². The Morgan fingerprint density at radius 3 is 2.30 bits per heavy atom. The third kappa shape index (κ3) is 7.26. The molecule has 0 aliphatic carbocycles. The molecule has 2 aliphatic rings. The van der Waals surface area contributed by atoms with E-state index in [1.165, 1.54) is 28.7 Å². The molecule has 0 saturated carbocycles. The first kappa shape index (κ1) is 29.0. The molecule has 2 aromatic carbocycles. The molecule has 1 N–H and O–H groups in total. The molecule has 202 valence electrons. The van der Waals surface area contributed by atoms with Crippen molar-refractivity contribution in [3.8, 4) is 0 Å². The Morgan fingerprint density at radius 1 is 1.00 bits per heavy atom. The average Bonchev–Trinajstić information content (AvgIpc) is 2.83. The number of carbonyl (C=O) groups is 2. The van der Waals surface area contributed by atoms with Crippen LogP contribution >= 0.6 is 12.4 Å². The SMILES string of the molecule is CC1(C)CC(=O)N(C(=O)NCCCN2CCC(c3ccc(F)cc3)CC2)[C@H](c2ccc(F)c(F)c2)C1.Cl. The highest BCUT2D eigenvalue weighted by atomic mass is 35.5. The molecule has 37 heavy (non-hydrogen) atoms. The van der Waals surface area contributed by atoms with E-state index >= 15 is 0 Å². The second-order valence-electron chi connectivity index (χ2n) is 10.8. The number of hydrogen-bond donors (Lipinski definition) is 1. The van der Waals surface area contributed by atoms with Gasteiger partial charge in [-0.1, -0.05) is 32.0 Å². The molecule has 2 aliphatic heterocycles. The van der Waals surface area contributed by atoms with Gasteiger partial charge in [0.2, 0.25) is 5.91 Å². The van der Waals surface area contributed by atoms with Crippen LogP contribution in [0.4, 0.5) is 18.0 Å². The minimum atomic E-state index is -0.994. The average molecular weight is 538 g/mol. The van der Waals surface area contributed by atoms with Gasteiger partial charge in [0.1, 0.15) is 5.82 Å². The lowest BCUT2D eigenvalue weighted by molar-refractivity contribution is -0.137. The summed E-state index contributed by atoms with van der Waals surface area (Å²) in [4.78, 5) is 29.4. The number of urea groups is 1. The molecule has 0 spiro atoms. The van der Waals surface area contributed by atoms with Crippen LogP contribution in [-0.2, 0) is 4.79 Å². The van der Waals surface area contributed by atoms with Crippen LogP contribution in [0.1, 0.15) is 69.0 Å². The molecule has 0 aromatic heterocycles. The van der Waals surface area contributed by atoms with Crippen molar-refractivity contribution in [2.45, 2.75) is 57.9 Å². The number of amides is 3. The summed E-state index contributed by atoms with van der Waals surface area (Å²) in [5, 5.41) is 2.85. The van der Waals surface area contributed by atoms with Gasteiger partial charge in [0, 0.05) is 13.0 Å². The maximum absolute atomic E-state index is 13.9. The molecular formula is C28H35ClF3N3O2. The van der Waals surface area contributed by atoms with Crippen molar-refractivity contribution >= 4 is 24.3 Å². The smallest absolute Gasteiger partial charge is 0.324 e. The fraction of sp³-hybridized carbons (Fsp3) is 0.500. The molecule has 1 atom stereocenters. The van der Waals surface area contributed by atoms with Crippen LogP contribution in [0.5, 0.6) is 0 Å². The van der Waals surface area contributed by atoms with Gasteiger partial charge >= 0.3 is 6.03 Å². The first-order valence-electron chi connectivity index (χ1n) is 12.7. The number of likely N-dealkylation sites (tertiary alicyclic amines) is 2. The van der Waals surface area contributed by atoms with Crippen molar-refractivity contribution in [3.63, 3.8) is 0 Å². The monoisotopic (exact) mass is 537 g/mol. The number of imide groups is 1. The topological polar surface area (TPSA) is 52.7 Å². The van der Waals surface area contributed by atoms with Crippen LogP contribution in [0, 0.1) is 22.9 Å². The molecule has 2 saturated heterocycles. The predicted molar refractivity (Wildman–Crippen MR) is 139 cm³/mol. The van der Waals surface area contributed by atoms with E-state index in [4.69, 9.17) is 0 Å². The van der Waals surface area contributed by atoms with Gasteiger partial charge in [-0.2, -0.15) is 0 Å². The van der Waals surface area contributed by atoms with Crippen LogP contribution in [-0.4, -0.2) is 47.9 Å². The van der Waals surface area contributed by atoms with Crippen LogP contribution < -0.4 is 5.32 Å². The second kappa shape index (κ2) is 12.3. The molecule has 9 heteroatoms. The Kier molecular flexibility index (Phi) is 9.64. The molecule has 0 unspecified atom stereocenters. The number of carbonyl (C=O) groups excluding carboxylic acids is 2. The zero-order valence-electron chi connectivity index (χ0n) is 21.3. The summed E-state index contributed by atoms with van der Waals surface area (Å²) in [6.45, 7) is 6.98. The number of halogens is 4. The third-order valence-corrected chi connectivity index (χ3v) is 7.36. The summed E-state index contributed by atoms with van der Waals surface area (Å²) in [6, 6.07) is 9.14. The molecule has 2 heterocycles. The molecule has 0 bridgehead atoms. The Balaban J connectivity index is 0.00000380. The summed E-state index contributed by atoms with van der Waals surface area (Å²) in [7, 11) is 0. The normalized spacial score (nSPS) is 20.4. The van der Waals surface area contributed by atoms with Crippen molar-refractivity contribution in [1.82, 2.24) is 15.1 Å². The lowest BCUT2D eigenvalue weighted by atomic mass is 9.76. The molecule has 2 aromatic rings. The van der Waals surface area contributed by atoms with E-state index in [0.29, 0.717) is 24.4 Å². The van der Waals surface area contributed by atoms with E-state index in [0.717, 1.165) is 51.0 Å². The van der Waals surface area contributed by atoms with Crippen molar-refractivity contribution in [3.05, 3.63) is 71.0 Å². The van der Waals surface area contributed by atoms with Crippen molar-refractivity contribution < 1.29 is 22.8 Å². The van der Waals surface area contributed by atoms with E-state index in [1.807, 2.05) is 26.0 Å². The quantitative estimate of drug-likeness (QED) is 0.447. The Bertz CT molecular complexity index is 1090. The van der Waals surface area contributed by atoms with E-state index in [9.17, 15) is 22.8 Å². The van der Waals surface area contributed by atoms with E-state index in [-0.39, 0.29) is 36.0 Å². The van der Waals surface area contributed by atoms with Gasteiger partial charge in [-0.3, -0.25) is 9.69 Å². The van der Waals surface area contributed by atoms with Gasteiger partial charge in [-0.25, -0.2) is 18.0 Å². The summed E-state index contributed by atoms with van der Waals surface area (Å²) in [5.74, 6) is -2.06. The highest BCUT2D eigenvalue weighted by Crippen LogP contribution is 2.42. The zero-order valence-corrected chi connectivity index (χ0v) is 22.1. The van der Waals surface area contributed by atoms with E-state index in [2.05, 4.69) is 10.2 Å². The lowest BCUT2D eigenvalue weighted by Crippen LogP contribution is -2.51. The fourth-order valence-electron chi connectivity index (χ4n) is 5.40. The molecule has 3 amide bonds. The summed E-state index contributed by atoms with van der Waals surface area (Å²) < 4.78 is 40.6. The predicted octanol–water partition coefficient (Wildman–Crippen LogP) is 6.19. The maximum Gasteiger partial charge on any atom is 0.324 e. The second-order valence-corrected chi connectivity index (χ2v) is 10.8. The first-order valence-corrected chi connectivity index (χ1v) is 12.7. The molecule has 4 rings (SSSR count). The van der Waals surface area contributed by atoms with Crippen LogP contribution in [0.2, 0.25) is 0 Å². The van der Waals surface area contributed by atoms with Crippen LogP contribution in [0.3, 0.4) is 0 Å². The van der Waals surface area contributed by atoms with Gasteiger partial charge in [-0.15, -0.1) is 12.4 Å². The van der Waals surface area contributed by atoms with Gasteiger partial charge in [0.25, 0.3) is 0 Å². The Labute approximate surface area is 222 Å². The number of benzene rings is 2. The Hall–Kier alpha value is -2.58. The molecule has 2 fully saturated rings. The summed E-state index contributed by atoms with van der Waals surface area (Å²) >= 11 is 0. The standard InChI is InChI=1S/C28H34F3N3O2.ClH/c1-28(2)17-25(21-6-9-23(30)24(31)16-21)34(26(35)18-28)27(36)32-12-3-13-33-14-10-20(11-15-33)19-4-7-22(29)8-5-19;/h4-9,16,20,25H,3,10-15,17-18H2,1-2H3,(H,32,36);1H/t25-;/m0./s1.